The lowest BCUT2D eigenvalue weighted by atomic mass is 10.1. The predicted octanol–water partition coefficient (Wildman–Crippen LogP) is 4.28. The Morgan fingerprint density at radius 3 is 2.79 bits per heavy atom. The van der Waals surface area contributed by atoms with Gasteiger partial charge in [0.25, 0.3) is 0 Å². The molecule has 0 atom stereocenters. The van der Waals surface area contributed by atoms with Crippen molar-refractivity contribution >= 4 is 22.7 Å². The summed E-state index contributed by atoms with van der Waals surface area (Å²) in [5, 5.41) is 1.01. The lowest BCUT2D eigenvalue weighted by Crippen LogP contribution is -2.17. The maximum atomic E-state index is 12.7. The van der Waals surface area contributed by atoms with Crippen molar-refractivity contribution in [3.8, 4) is 0 Å². The molecule has 0 unspecified atom stereocenters. The van der Waals surface area contributed by atoms with E-state index in [0.29, 0.717) is 13.2 Å². The number of alkyl halides is 3. The Bertz CT molecular complexity index is 725. The highest BCUT2D eigenvalue weighted by Crippen LogP contribution is 2.39. The van der Waals surface area contributed by atoms with Crippen LogP contribution in [-0.4, -0.2) is 42.2 Å². The van der Waals surface area contributed by atoms with Gasteiger partial charge in [0.05, 0.1) is 13.2 Å². The number of nitrogens with zero attached hydrogens (tertiary/aromatic N) is 2. The van der Waals surface area contributed by atoms with Gasteiger partial charge in [-0.1, -0.05) is 6.07 Å². The molecule has 24 heavy (non-hydrogen) atoms. The molecule has 0 bridgehead atoms. The van der Waals surface area contributed by atoms with E-state index in [4.69, 9.17) is 4.74 Å². The number of hydrogen-bond donors (Lipinski definition) is 0. The van der Waals surface area contributed by atoms with Crippen LogP contribution in [0.15, 0.2) is 23.1 Å². The number of aromatic nitrogens is 1. The Balaban J connectivity index is 1.99. The van der Waals surface area contributed by atoms with Gasteiger partial charge in [-0.25, -0.2) is 0 Å². The average Bonchev–Trinajstić information content (AvgIpc) is 2.79. The van der Waals surface area contributed by atoms with Crippen LogP contribution in [0.3, 0.4) is 0 Å². The van der Waals surface area contributed by atoms with Gasteiger partial charge in [0.1, 0.15) is 0 Å². The zero-order chi connectivity index (χ0) is 17.3. The van der Waals surface area contributed by atoms with E-state index in [1.807, 2.05) is 14.1 Å². The van der Waals surface area contributed by atoms with Gasteiger partial charge < -0.3 is 14.2 Å². The summed E-state index contributed by atoms with van der Waals surface area (Å²) < 4.78 is 45.8. The van der Waals surface area contributed by atoms with Crippen LogP contribution in [0, 0.1) is 0 Å². The standard InChI is InChI=1S/C17H21F3N2OS/c1-21(2)7-3-8-22-15-6-9-23-11-14(15)13-5-4-12(10-16(13)22)24-17(18,19)20/h4-5,10H,3,6-9,11H2,1-2H3. The number of halogens is 3. The summed E-state index contributed by atoms with van der Waals surface area (Å²) >= 11 is -0.0538. The van der Waals surface area contributed by atoms with Gasteiger partial charge in [-0.3, -0.25) is 0 Å². The number of hydrogen-bond acceptors (Lipinski definition) is 3. The molecule has 0 saturated carbocycles. The van der Waals surface area contributed by atoms with Crippen molar-refractivity contribution in [3.05, 3.63) is 29.5 Å². The fourth-order valence-corrected chi connectivity index (χ4v) is 3.82. The summed E-state index contributed by atoms with van der Waals surface area (Å²) in [7, 11) is 4.05. The number of fused-ring (bicyclic) bond motifs is 3. The average molecular weight is 358 g/mol. The van der Waals surface area contributed by atoms with Crippen molar-refractivity contribution in [2.75, 3.05) is 27.2 Å². The van der Waals surface area contributed by atoms with Crippen molar-refractivity contribution < 1.29 is 17.9 Å². The predicted molar refractivity (Wildman–Crippen MR) is 90.4 cm³/mol. The summed E-state index contributed by atoms with van der Waals surface area (Å²) in [6.45, 7) is 2.96. The van der Waals surface area contributed by atoms with Gasteiger partial charge in [-0.05, 0) is 51.0 Å². The largest absolute Gasteiger partial charge is 0.446 e. The summed E-state index contributed by atoms with van der Waals surface area (Å²) in [5.74, 6) is 0. The number of rotatable bonds is 5. The number of aryl methyl sites for hydroxylation is 1. The van der Waals surface area contributed by atoms with E-state index in [0.717, 1.165) is 42.4 Å². The molecule has 1 aromatic heterocycles. The highest BCUT2D eigenvalue weighted by molar-refractivity contribution is 8.00. The molecule has 132 valence electrons. The first-order chi connectivity index (χ1) is 11.3. The van der Waals surface area contributed by atoms with Crippen LogP contribution < -0.4 is 0 Å². The summed E-state index contributed by atoms with van der Waals surface area (Å²) in [6.07, 6.45) is 1.77. The van der Waals surface area contributed by atoms with Crippen molar-refractivity contribution in [2.24, 2.45) is 0 Å². The molecule has 1 aromatic carbocycles. The van der Waals surface area contributed by atoms with Crippen LogP contribution in [0.4, 0.5) is 13.2 Å². The molecule has 2 aromatic rings. The second kappa shape index (κ2) is 6.98. The van der Waals surface area contributed by atoms with Crippen LogP contribution >= 0.6 is 11.8 Å². The SMILES string of the molecule is CN(C)CCCn1c2c(c3ccc(SC(F)(F)F)cc31)COCC2. The fourth-order valence-electron chi connectivity index (χ4n) is 3.24. The first-order valence-corrected chi connectivity index (χ1v) is 8.79. The van der Waals surface area contributed by atoms with Gasteiger partial charge >= 0.3 is 5.51 Å². The minimum atomic E-state index is -4.27. The molecule has 0 radical (unpaired) electrons. The van der Waals surface area contributed by atoms with Crippen molar-refractivity contribution in [3.63, 3.8) is 0 Å². The van der Waals surface area contributed by atoms with Gasteiger partial charge in [0.15, 0.2) is 0 Å². The van der Waals surface area contributed by atoms with Crippen LogP contribution in [-0.2, 0) is 24.3 Å². The van der Waals surface area contributed by atoms with Crippen LogP contribution in [0.2, 0.25) is 0 Å². The van der Waals surface area contributed by atoms with Crippen LogP contribution in [0.5, 0.6) is 0 Å². The van der Waals surface area contributed by atoms with Gasteiger partial charge in [0, 0.05) is 40.0 Å². The lowest BCUT2D eigenvalue weighted by Gasteiger charge is -2.17. The van der Waals surface area contributed by atoms with E-state index < -0.39 is 5.51 Å². The maximum absolute atomic E-state index is 12.7. The molecule has 3 nitrogen and oxygen atoms in total. The van der Waals surface area contributed by atoms with Gasteiger partial charge in [-0.2, -0.15) is 13.2 Å². The highest BCUT2D eigenvalue weighted by atomic mass is 32.2. The molecule has 0 fully saturated rings. The van der Waals surface area contributed by atoms with Crippen molar-refractivity contribution in [1.82, 2.24) is 9.47 Å². The van der Waals surface area contributed by atoms with Crippen molar-refractivity contribution in [1.29, 1.82) is 0 Å². The molecule has 0 saturated heterocycles. The molecular weight excluding hydrogens is 337 g/mol. The van der Waals surface area contributed by atoms with E-state index in [1.165, 1.54) is 5.69 Å². The third-order valence-corrected chi connectivity index (χ3v) is 4.93. The Hall–Kier alpha value is -1.18. The van der Waals surface area contributed by atoms with Crippen molar-refractivity contribution in [2.45, 2.75) is 36.4 Å². The monoisotopic (exact) mass is 358 g/mol. The highest BCUT2D eigenvalue weighted by Gasteiger charge is 2.30. The molecule has 0 spiro atoms. The van der Waals surface area contributed by atoms with E-state index in [-0.39, 0.29) is 16.7 Å². The first-order valence-electron chi connectivity index (χ1n) is 7.97. The molecule has 3 rings (SSSR count). The Morgan fingerprint density at radius 2 is 2.08 bits per heavy atom. The minimum Gasteiger partial charge on any atom is -0.376 e. The molecule has 2 heterocycles. The maximum Gasteiger partial charge on any atom is 0.446 e. The molecule has 1 aliphatic rings. The third kappa shape index (κ3) is 3.90. The Morgan fingerprint density at radius 1 is 1.29 bits per heavy atom. The second-order valence-electron chi connectivity index (χ2n) is 6.26. The lowest BCUT2D eigenvalue weighted by molar-refractivity contribution is -0.0328. The Labute approximate surface area is 143 Å². The zero-order valence-electron chi connectivity index (χ0n) is 13.8. The summed E-state index contributed by atoms with van der Waals surface area (Å²) in [4.78, 5) is 2.35. The molecule has 1 aliphatic heterocycles. The first kappa shape index (κ1) is 17.6. The number of thioether (sulfide) groups is 1. The molecule has 0 amide bonds. The number of ether oxygens (including phenoxy) is 1. The topological polar surface area (TPSA) is 17.4 Å². The fraction of sp³-hybridized carbons (Fsp3) is 0.529. The van der Waals surface area contributed by atoms with Gasteiger partial charge in [-0.15, -0.1) is 0 Å². The van der Waals surface area contributed by atoms with Crippen LogP contribution in [0.1, 0.15) is 17.7 Å². The minimum absolute atomic E-state index is 0.0538. The van der Waals surface area contributed by atoms with Gasteiger partial charge in [0.2, 0.25) is 0 Å². The second-order valence-corrected chi connectivity index (χ2v) is 7.40. The quantitative estimate of drug-likeness (QED) is 0.743. The molecule has 7 heteroatoms. The third-order valence-electron chi connectivity index (χ3n) is 4.21. The van der Waals surface area contributed by atoms with Crippen LogP contribution in [0.25, 0.3) is 10.9 Å². The smallest absolute Gasteiger partial charge is 0.376 e. The van der Waals surface area contributed by atoms with E-state index in [9.17, 15) is 13.2 Å². The molecule has 0 aliphatic carbocycles. The number of benzene rings is 1. The molecule has 0 N–H and O–H groups in total. The van der Waals surface area contributed by atoms with E-state index in [1.54, 1.807) is 18.2 Å². The summed E-state index contributed by atoms with van der Waals surface area (Å²) in [5.41, 5.74) is -1.04. The Kier molecular flexibility index (Phi) is 5.13. The normalized spacial score (nSPS) is 15.2. The molecular formula is C17H21F3N2OS. The zero-order valence-corrected chi connectivity index (χ0v) is 14.6. The summed E-state index contributed by atoms with van der Waals surface area (Å²) in [6, 6.07) is 5.03. The van der Waals surface area contributed by atoms with E-state index >= 15 is 0 Å². The van der Waals surface area contributed by atoms with E-state index in [2.05, 4.69) is 9.47 Å².